The van der Waals surface area contributed by atoms with Crippen molar-refractivity contribution in [3.8, 4) is 0 Å². The summed E-state index contributed by atoms with van der Waals surface area (Å²) in [5.41, 5.74) is -0.816. The van der Waals surface area contributed by atoms with Gasteiger partial charge in [0.15, 0.2) is 0 Å². The average molecular weight is 245 g/mol. The Morgan fingerprint density at radius 3 is 2.24 bits per heavy atom. The second-order valence-corrected chi connectivity index (χ2v) is 5.60. The molecule has 4 nitrogen and oxygen atoms in total. The van der Waals surface area contributed by atoms with Crippen LogP contribution < -0.4 is 5.32 Å². The molecule has 0 aromatic rings. The first-order valence-corrected chi connectivity index (χ1v) is 6.24. The van der Waals surface area contributed by atoms with Crippen LogP contribution in [0.5, 0.6) is 0 Å². The van der Waals surface area contributed by atoms with Crippen LogP contribution in [0.1, 0.15) is 41.0 Å². The molecule has 0 bridgehead atoms. The van der Waals surface area contributed by atoms with E-state index in [1.54, 1.807) is 6.92 Å². The molecular formula is C13H27NO3. The van der Waals surface area contributed by atoms with E-state index in [1.807, 2.05) is 13.8 Å². The third-order valence-corrected chi connectivity index (χ3v) is 3.14. The summed E-state index contributed by atoms with van der Waals surface area (Å²) in [4.78, 5) is 11.6. The molecule has 0 rings (SSSR count). The summed E-state index contributed by atoms with van der Waals surface area (Å²) in [5, 5.41) is 13.2. The van der Waals surface area contributed by atoms with E-state index in [9.17, 15) is 9.90 Å². The smallest absolute Gasteiger partial charge is 0.322 e. The maximum absolute atomic E-state index is 11.6. The maximum Gasteiger partial charge on any atom is 0.322 e. The minimum atomic E-state index is -0.816. The second kappa shape index (κ2) is 6.97. The zero-order valence-corrected chi connectivity index (χ0v) is 11.9. The van der Waals surface area contributed by atoms with E-state index in [4.69, 9.17) is 4.74 Å². The van der Waals surface area contributed by atoms with Crippen molar-refractivity contribution in [3.05, 3.63) is 0 Å². The molecule has 0 radical (unpaired) electrons. The van der Waals surface area contributed by atoms with Gasteiger partial charge in [-0.3, -0.25) is 4.79 Å². The van der Waals surface area contributed by atoms with Crippen molar-refractivity contribution in [2.45, 2.75) is 52.7 Å². The predicted octanol–water partition coefficient (Wildman–Crippen LogP) is 1.57. The highest BCUT2D eigenvalue weighted by atomic mass is 16.5. The van der Waals surface area contributed by atoms with E-state index in [-0.39, 0.29) is 17.9 Å². The highest BCUT2D eigenvalue weighted by molar-refractivity contribution is 5.75. The van der Waals surface area contributed by atoms with Crippen molar-refractivity contribution in [3.63, 3.8) is 0 Å². The maximum atomic E-state index is 11.6. The fraction of sp³-hybridized carbons (Fsp3) is 0.923. The molecule has 0 aliphatic carbocycles. The summed E-state index contributed by atoms with van der Waals surface area (Å²) in [7, 11) is 1.39. The van der Waals surface area contributed by atoms with E-state index in [2.05, 4.69) is 19.2 Å². The summed E-state index contributed by atoms with van der Waals surface area (Å²) in [6.45, 7) is 10.2. The Morgan fingerprint density at radius 2 is 1.88 bits per heavy atom. The zero-order chi connectivity index (χ0) is 13.6. The number of hydrogen-bond donors (Lipinski definition) is 2. The normalized spacial score (nSPS) is 17.0. The Balaban J connectivity index is 4.40. The Labute approximate surface area is 105 Å². The molecule has 0 aliphatic rings. The number of esters is 1. The van der Waals surface area contributed by atoms with E-state index >= 15 is 0 Å². The Bertz CT molecular complexity index is 237. The van der Waals surface area contributed by atoms with Gasteiger partial charge in [0.25, 0.3) is 0 Å². The third kappa shape index (κ3) is 6.03. The first kappa shape index (κ1) is 16.4. The van der Waals surface area contributed by atoms with Gasteiger partial charge in [-0.1, -0.05) is 27.7 Å². The molecule has 0 heterocycles. The van der Waals surface area contributed by atoms with Crippen molar-refractivity contribution in [2.24, 2.45) is 11.8 Å². The number of hydrogen-bond acceptors (Lipinski definition) is 4. The second-order valence-electron chi connectivity index (χ2n) is 5.60. The summed E-state index contributed by atoms with van der Waals surface area (Å²) in [6, 6.07) is -0.342. The van der Waals surface area contributed by atoms with Crippen LogP contribution in [0.15, 0.2) is 0 Å². The Hall–Kier alpha value is -0.610. The van der Waals surface area contributed by atoms with E-state index in [1.165, 1.54) is 7.11 Å². The highest BCUT2D eigenvalue weighted by Gasteiger charge is 2.28. The molecule has 0 saturated heterocycles. The van der Waals surface area contributed by atoms with E-state index in [0.29, 0.717) is 18.9 Å². The zero-order valence-electron chi connectivity index (χ0n) is 11.9. The lowest BCUT2D eigenvalue weighted by molar-refractivity contribution is -0.144. The molecule has 17 heavy (non-hydrogen) atoms. The van der Waals surface area contributed by atoms with E-state index < -0.39 is 5.60 Å². The molecule has 2 atom stereocenters. The van der Waals surface area contributed by atoms with Crippen molar-refractivity contribution in [1.82, 2.24) is 5.32 Å². The Morgan fingerprint density at radius 1 is 1.35 bits per heavy atom. The minimum absolute atomic E-state index is 0.132. The summed E-state index contributed by atoms with van der Waals surface area (Å²) >= 11 is 0. The molecule has 0 saturated carbocycles. The molecule has 0 aliphatic heterocycles. The number of nitrogens with one attached hydrogen (secondary N) is 1. The van der Waals surface area contributed by atoms with Crippen LogP contribution in [0.25, 0.3) is 0 Å². The molecule has 0 spiro atoms. The van der Waals surface area contributed by atoms with Crippen LogP contribution in [-0.4, -0.2) is 36.4 Å². The van der Waals surface area contributed by atoms with Gasteiger partial charge >= 0.3 is 5.97 Å². The van der Waals surface area contributed by atoms with Crippen molar-refractivity contribution >= 4 is 5.97 Å². The topological polar surface area (TPSA) is 58.6 Å². The van der Waals surface area contributed by atoms with Gasteiger partial charge in [0.2, 0.25) is 0 Å². The average Bonchev–Trinajstić information content (AvgIpc) is 2.22. The van der Waals surface area contributed by atoms with Crippen LogP contribution in [0.4, 0.5) is 0 Å². The number of methoxy groups -OCH3 is 1. The quantitative estimate of drug-likeness (QED) is 0.668. The number of aliphatic hydroxyl groups is 1. The van der Waals surface area contributed by atoms with Crippen LogP contribution >= 0.6 is 0 Å². The summed E-state index contributed by atoms with van der Waals surface area (Å²) < 4.78 is 4.76. The molecule has 2 unspecified atom stereocenters. The lowest BCUT2D eigenvalue weighted by Crippen LogP contribution is -2.49. The van der Waals surface area contributed by atoms with Crippen LogP contribution in [-0.2, 0) is 9.53 Å². The fourth-order valence-electron chi connectivity index (χ4n) is 1.41. The van der Waals surface area contributed by atoms with Crippen molar-refractivity contribution in [2.75, 3.05) is 13.7 Å². The van der Waals surface area contributed by atoms with Gasteiger partial charge in [-0.2, -0.15) is 0 Å². The van der Waals surface area contributed by atoms with Gasteiger partial charge in [-0.05, 0) is 25.2 Å². The van der Waals surface area contributed by atoms with Crippen molar-refractivity contribution in [1.29, 1.82) is 0 Å². The van der Waals surface area contributed by atoms with Gasteiger partial charge in [0.05, 0.1) is 12.7 Å². The monoisotopic (exact) mass is 245 g/mol. The molecule has 0 amide bonds. The molecule has 4 heteroatoms. The van der Waals surface area contributed by atoms with Gasteiger partial charge in [0, 0.05) is 6.54 Å². The Kier molecular flexibility index (Phi) is 6.72. The number of rotatable bonds is 7. The SMILES string of the molecule is COC(=O)C(CC(C)C)NCC(C)(O)C(C)C. The van der Waals surface area contributed by atoms with Gasteiger partial charge in [-0.15, -0.1) is 0 Å². The molecular weight excluding hydrogens is 218 g/mol. The van der Waals surface area contributed by atoms with Crippen LogP contribution in [0.3, 0.4) is 0 Å². The molecule has 2 N–H and O–H groups in total. The highest BCUT2D eigenvalue weighted by Crippen LogP contribution is 2.15. The van der Waals surface area contributed by atoms with Gasteiger partial charge in [0.1, 0.15) is 6.04 Å². The first-order valence-electron chi connectivity index (χ1n) is 6.24. The molecule has 0 fully saturated rings. The van der Waals surface area contributed by atoms with Gasteiger partial charge in [-0.25, -0.2) is 0 Å². The summed E-state index contributed by atoms with van der Waals surface area (Å²) in [6.07, 6.45) is 0.709. The lowest BCUT2D eigenvalue weighted by atomic mass is 9.92. The fourth-order valence-corrected chi connectivity index (χ4v) is 1.41. The standard InChI is InChI=1S/C13H27NO3/c1-9(2)7-11(12(15)17-6)14-8-13(5,16)10(3)4/h9-11,14,16H,7-8H2,1-6H3. The van der Waals surface area contributed by atoms with Crippen LogP contribution in [0.2, 0.25) is 0 Å². The number of carbonyl (C=O) groups excluding carboxylic acids is 1. The number of ether oxygens (including phenoxy) is 1. The van der Waals surface area contributed by atoms with E-state index in [0.717, 1.165) is 0 Å². The molecule has 102 valence electrons. The molecule has 0 aromatic carbocycles. The van der Waals surface area contributed by atoms with Gasteiger partial charge < -0.3 is 15.2 Å². The molecule has 0 aromatic heterocycles. The summed E-state index contributed by atoms with van der Waals surface area (Å²) in [5.74, 6) is 0.265. The largest absolute Gasteiger partial charge is 0.468 e. The number of carbonyl (C=O) groups is 1. The predicted molar refractivity (Wildman–Crippen MR) is 68.7 cm³/mol. The lowest BCUT2D eigenvalue weighted by Gasteiger charge is -2.30. The van der Waals surface area contributed by atoms with Crippen LogP contribution in [0, 0.1) is 11.8 Å². The minimum Gasteiger partial charge on any atom is -0.468 e. The third-order valence-electron chi connectivity index (χ3n) is 3.14. The van der Waals surface area contributed by atoms with Crippen molar-refractivity contribution < 1.29 is 14.6 Å². The first-order chi connectivity index (χ1) is 7.70.